The zero-order valence-corrected chi connectivity index (χ0v) is 15.1. The molecule has 3 rings (SSSR count). The number of amides is 2. The van der Waals surface area contributed by atoms with Gasteiger partial charge in [0, 0.05) is 38.2 Å². The SMILES string of the molecule is CC(C)n1cnnc1CCNC(=O)C1CC(=O)N(Cc2ccccn2)C1. The van der Waals surface area contributed by atoms with E-state index in [1.165, 1.54) is 0 Å². The number of carbonyl (C=O) groups is 2. The maximum absolute atomic E-state index is 12.4. The minimum absolute atomic E-state index is 0.00430. The number of nitrogens with one attached hydrogen (secondary N) is 1. The van der Waals surface area contributed by atoms with Crippen LogP contribution < -0.4 is 5.32 Å². The van der Waals surface area contributed by atoms with Gasteiger partial charge in [-0.15, -0.1) is 10.2 Å². The van der Waals surface area contributed by atoms with E-state index in [4.69, 9.17) is 0 Å². The van der Waals surface area contributed by atoms with Gasteiger partial charge in [-0.25, -0.2) is 0 Å². The average Bonchev–Trinajstić information content (AvgIpc) is 3.23. The molecular formula is C18H24N6O2. The lowest BCUT2D eigenvalue weighted by Gasteiger charge is -2.16. The van der Waals surface area contributed by atoms with Gasteiger partial charge >= 0.3 is 0 Å². The summed E-state index contributed by atoms with van der Waals surface area (Å²) >= 11 is 0. The second-order valence-corrected chi connectivity index (χ2v) is 6.79. The molecule has 2 aromatic heterocycles. The van der Waals surface area contributed by atoms with Crippen molar-refractivity contribution >= 4 is 11.8 Å². The number of nitrogens with zero attached hydrogens (tertiary/aromatic N) is 5. The molecule has 138 valence electrons. The van der Waals surface area contributed by atoms with Crippen LogP contribution in [0.1, 0.15) is 37.8 Å². The second kappa shape index (κ2) is 8.07. The van der Waals surface area contributed by atoms with Crippen molar-refractivity contribution in [3.63, 3.8) is 0 Å². The van der Waals surface area contributed by atoms with Crippen molar-refractivity contribution in [3.05, 3.63) is 42.2 Å². The molecule has 1 atom stereocenters. The largest absolute Gasteiger partial charge is 0.355 e. The maximum atomic E-state index is 12.4. The van der Waals surface area contributed by atoms with Crippen LogP contribution in [0.25, 0.3) is 0 Å². The first kappa shape index (κ1) is 18.0. The minimum atomic E-state index is -0.311. The second-order valence-electron chi connectivity index (χ2n) is 6.79. The number of likely N-dealkylation sites (tertiary alicyclic amines) is 1. The fourth-order valence-corrected chi connectivity index (χ4v) is 3.11. The molecule has 26 heavy (non-hydrogen) atoms. The third-order valence-electron chi connectivity index (χ3n) is 4.52. The van der Waals surface area contributed by atoms with Crippen LogP contribution in [0.4, 0.5) is 0 Å². The summed E-state index contributed by atoms with van der Waals surface area (Å²) in [6.07, 6.45) is 4.27. The van der Waals surface area contributed by atoms with Crippen LogP contribution in [-0.2, 0) is 22.6 Å². The Morgan fingerprint density at radius 2 is 2.23 bits per heavy atom. The van der Waals surface area contributed by atoms with Crippen LogP contribution in [0.5, 0.6) is 0 Å². The van der Waals surface area contributed by atoms with Crippen molar-refractivity contribution in [1.82, 2.24) is 30.0 Å². The molecule has 1 saturated heterocycles. The third-order valence-corrected chi connectivity index (χ3v) is 4.52. The molecule has 1 aliphatic heterocycles. The summed E-state index contributed by atoms with van der Waals surface area (Å²) in [6, 6.07) is 5.89. The van der Waals surface area contributed by atoms with E-state index in [-0.39, 0.29) is 30.2 Å². The average molecular weight is 356 g/mol. The van der Waals surface area contributed by atoms with Gasteiger partial charge in [-0.3, -0.25) is 14.6 Å². The van der Waals surface area contributed by atoms with E-state index in [1.54, 1.807) is 17.4 Å². The Balaban J connectivity index is 1.48. The summed E-state index contributed by atoms with van der Waals surface area (Å²) in [5.41, 5.74) is 0.829. The molecule has 0 radical (unpaired) electrons. The van der Waals surface area contributed by atoms with Gasteiger partial charge in [0.15, 0.2) is 0 Å². The Labute approximate surface area is 152 Å². The molecule has 2 amide bonds. The standard InChI is InChI=1S/C18H24N6O2/c1-13(2)24-12-21-22-16(24)6-8-20-18(26)14-9-17(25)23(10-14)11-15-5-3-4-7-19-15/h3-5,7,12-14H,6,8-11H2,1-2H3,(H,20,26). The Morgan fingerprint density at radius 3 is 2.96 bits per heavy atom. The highest BCUT2D eigenvalue weighted by Gasteiger charge is 2.34. The van der Waals surface area contributed by atoms with Crippen LogP contribution in [0.2, 0.25) is 0 Å². The van der Waals surface area contributed by atoms with Gasteiger partial charge in [-0.05, 0) is 26.0 Å². The normalized spacial score (nSPS) is 17.1. The zero-order chi connectivity index (χ0) is 18.5. The fraction of sp³-hybridized carbons (Fsp3) is 0.500. The van der Waals surface area contributed by atoms with Crippen molar-refractivity contribution in [1.29, 1.82) is 0 Å². The molecule has 8 heteroatoms. The Bertz CT molecular complexity index is 758. The smallest absolute Gasteiger partial charge is 0.225 e. The molecule has 1 aliphatic rings. The molecule has 1 unspecified atom stereocenters. The molecule has 3 heterocycles. The zero-order valence-electron chi connectivity index (χ0n) is 15.1. The highest BCUT2D eigenvalue weighted by molar-refractivity contribution is 5.89. The number of rotatable bonds is 7. The molecule has 1 N–H and O–H groups in total. The molecule has 2 aromatic rings. The molecule has 0 aromatic carbocycles. The van der Waals surface area contributed by atoms with Gasteiger partial charge in [-0.2, -0.15) is 0 Å². The Hall–Kier alpha value is -2.77. The highest BCUT2D eigenvalue weighted by atomic mass is 16.2. The fourth-order valence-electron chi connectivity index (χ4n) is 3.11. The molecule has 1 fully saturated rings. The molecule has 0 spiro atoms. The van der Waals surface area contributed by atoms with Gasteiger partial charge in [0.2, 0.25) is 11.8 Å². The maximum Gasteiger partial charge on any atom is 0.225 e. The van der Waals surface area contributed by atoms with Gasteiger partial charge in [0.05, 0.1) is 18.2 Å². The number of hydrogen-bond donors (Lipinski definition) is 1. The first-order valence-corrected chi connectivity index (χ1v) is 8.88. The predicted molar refractivity (Wildman–Crippen MR) is 94.9 cm³/mol. The number of hydrogen-bond acceptors (Lipinski definition) is 5. The molecule has 0 aliphatic carbocycles. The first-order chi connectivity index (χ1) is 12.5. The molecule has 0 saturated carbocycles. The van der Waals surface area contributed by atoms with Crippen molar-refractivity contribution in [3.8, 4) is 0 Å². The third kappa shape index (κ3) is 4.25. The number of carbonyl (C=O) groups excluding carboxylic acids is 2. The lowest BCUT2D eigenvalue weighted by molar-refractivity contribution is -0.129. The number of aromatic nitrogens is 4. The topological polar surface area (TPSA) is 93.0 Å². The van der Waals surface area contributed by atoms with Crippen molar-refractivity contribution < 1.29 is 9.59 Å². The highest BCUT2D eigenvalue weighted by Crippen LogP contribution is 2.19. The van der Waals surface area contributed by atoms with Crippen LogP contribution in [0.3, 0.4) is 0 Å². The van der Waals surface area contributed by atoms with Crippen LogP contribution >= 0.6 is 0 Å². The number of pyridine rings is 1. The van der Waals surface area contributed by atoms with E-state index in [9.17, 15) is 9.59 Å². The Morgan fingerprint density at radius 1 is 1.38 bits per heavy atom. The first-order valence-electron chi connectivity index (χ1n) is 8.88. The van der Waals surface area contributed by atoms with E-state index < -0.39 is 0 Å². The van der Waals surface area contributed by atoms with E-state index in [0.29, 0.717) is 26.1 Å². The summed E-state index contributed by atoms with van der Waals surface area (Å²) in [7, 11) is 0. The lowest BCUT2D eigenvalue weighted by atomic mass is 10.1. The van der Waals surface area contributed by atoms with Gasteiger partial charge < -0.3 is 14.8 Å². The van der Waals surface area contributed by atoms with Gasteiger partial charge in [0.1, 0.15) is 12.2 Å². The van der Waals surface area contributed by atoms with Crippen molar-refractivity contribution in [2.24, 2.45) is 5.92 Å². The van der Waals surface area contributed by atoms with Crippen LogP contribution in [0.15, 0.2) is 30.7 Å². The Kier molecular flexibility index (Phi) is 5.60. The van der Waals surface area contributed by atoms with Crippen LogP contribution in [0, 0.1) is 5.92 Å². The summed E-state index contributed by atoms with van der Waals surface area (Å²) in [5, 5.41) is 10.9. The van der Waals surface area contributed by atoms with E-state index in [0.717, 1.165) is 11.5 Å². The lowest BCUT2D eigenvalue weighted by Crippen LogP contribution is -2.34. The summed E-state index contributed by atoms with van der Waals surface area (Å²) in [6.45, 7) is 5.48. The van der Waals surface area contributed by atoms with E-state index >= 15 is 0 Å². The van der Waals surface area contributed by atoms with Crippen molar-refractivity contribution in [2.75, 3.05) is 13.1 Å². The monoisotopic (exact) mass is 356 g/mol. The van der Waals surface area contributed by atoms with Crippen molar-refractivity contribution in [2.45, 2.75) is 39.3 Å². The molecular weight excluding hydrogens is 332 g/mol. The predicted octanol–water partition coefficient (Wildman–Crippen LogP) is 0.961. The van der Waals surface area contributed by atoms with E-state index in [1.807, 2.05) is 22.8 Å². The summed E-state index contributed by atoms with van der Waals surface area (Å²) < 4.78 is 1.99. The van der Waals surface area contributed by atoms with Gasteiger partial charge in [0.25, 0.3) is 0 Å². The summed E-state index contributed by atoms with van der Waals surface area (Å²) in [5.74, 6) is 0.446. The van der Waals surface area contributed by atoms with E-state index in [2.05, 4.69) is 34.3 Å². The molecule has 8 nitrogen and oxygen atoms in total. The van der Waals surface area contributed by atoms with Crippen LogP contribution in [-0.4, -0.2) is 49.6 Å². The summed E-state index contributed by atoms with van der Waals surface area (Å²) in [4.78, 5) is 30.5. The quantitative estimate of drug-likeness (QED) is 0.798. The molecule has 0 bridgehead atoms. The van der Waals surface area contributed by atoms with Gasteiger partial charge in [-0.1, -0.05) is 6.07 Å². The minimum Gasteiger partial charge on any atom is -0.355 e.